The minimum Gasteiger partial charge on any atom is -0.272 e. The van der Waals surface area contributed by atoms with Gasteiger partial charge in [-0.2, -0.15) is 0 Å². The van der Waals surface area contributed by atoms with Crippen LogP contribution in [0.1, 0.15) is 5.69 Å². The molecule has 0 atom stereocenters. The van der Waals surface area contributed by atoms with E-state index in [1.165, 1.54) is 23.1 Å². The lowest BCUT2D eigenvalue weighted by atomic mass is 10.5. The number of aliphatic imine (C=N–C) groups is 1. The van der Waals surface area contributed by atoms with Gasteiger partial charge in [0.25, 0.3) is 5.91 Å². The number of thiazole rings is 1. The molecule has 0 unspecified atom stereocenters. The maximum Gasteiger partial charge on any atom is 0.257 e. The predicted octanol–water partition coefficient (Wildman–Crippen LogP) is 1.16. The Labute approximate surface area is 71.6 Å². The van der Waals surface area contributed by atoms with Crippen LogP contribution in [0.5, 0.6) is 0 Å². The summed E-state index contributed by atoms with van der Waals surface area (Å²) in [5.74, 6) is 0.408. The van der Waals surface area contributed by atoms with Crippen molar-refractivity contribution in [2.75, 3.05) is 5.75 Å². The summed E-state index contributed by atoms with van der Waals surface area (Å²) >= 11 is 2.96. The van der Waals surface area contributed by atoms with Crippen LogP contribution in [0, 0.1) is 0 Å². The molecule has 56 valence electrons. The SMILES string of the molecule is O=C1CSC(c2cscn2)=N1. The Hall–Kier alpha value is -0.680. The van der Waals surface area contributed by atoms with Crippen molar-refractivity contribution in [3.63, 3.8) is 0 Å². The van der Waals surface area contributed by atoms with Crippen LogP contribution in [0.15, 0.2) is 15.9 Å². The van der Waals surface area contributed by atoms with Crippen LogP contribution in [-0.2, 0) is 4.79 Å². The van der Waals surface area contributed by atoms with Crippen molar-refractivity contribution in [1.29, 1.82) is 0 Å². The highest BCUT2D eigenvalue weighted by Crippen LogP contribution is 2.19. The fourth-order valence-corrected chi connectivity index (χ4v) is 2.12. The number of aromatic nitrogens is 1. The van der Waals surface area contributed by atoms with E-state index in [9.17, 15) is 4.79 Å². The van der Waals surface area contributed by atoms with E-state index in [2.05, 4.69) is 9.98 Å². The molecule has 1 aliphatic heterocycles. The van der Waals surface area contributed by atoms with Gasteiger partial charge in [0.05, 0.1) is 11.3 Å². The zero-order chi connectivity index (χ0) is 7.68. The second kappa shape index (κ2) is 2.75. The summed E-state index contributed by atoms with van der Waals surface area (Å²) in [4.78, 5) is 18.6. The zero-order valence-corrected chi connectivity index (χ0v) is 7.11. The minimum absolute atomic E-state index is 0.0574. The number of thioether (sulfide) groups is 1. The number of carbonyl (C=O) groups is 1. The molecule has 0 N–H and O–H groups in total. The molecule has 0 saturated heterocycles. The summed E-state index contributed by atoms with van der Waals surface area (Å²) in [6, 6.07) is 0. The van der Waals surface area contributed by atoms with Crippen LogP contribution in [-0.4, -0.2) is 21.7 Å². The summed E-state index contributed by atoms with van der Waals surface area (Å²) in [7, 11) is 0. The highest BCUT2D eigenvalue weighted by Gasteiger charge is 2.17. The molecule has 0 fully saturated rings. The molecular formula is C6H4N2OS2. The second-order valence-electron chi connectivity index (χ2n) is 1.97. The van der Waals surface area contributed by atoms with Gasteiger partial charge in [0.1, 0.15) is 10.7 Å². The van der Waals surface area contributed by atoms with E-state index in [1.54, 1.807) is 5.51 Å². The monoisotopic (exact) mass is 184 g/mol. The van der Waals surface area contributed by atoms with E-state index in [-0.39, 0.29) is 5.91 Å². The van der Waals surface area contributed by atoms with Gasteiger partial charge in [-0.15, -0.1) is 11.3 Å². The number of hydrogen-bond donors (Lipinski definition) is 0. The molecule has 1 amide bonds. The fourth-order valence-electron chi connectivity index (χ4n) is 0.757. The number of rotatable bonds is 1. The molecule has 0 saturated carbocycles. The number of nitrogens with zero attached hydrogens (tertiary/aromatic N) is 2. The molecule has 1 aliphatic rings. The molecule has 5 heteroatoms. The van der Waals surface area contributed by atoms with Gasteiger partial charge in [-0.25, -0.2) is 9.98 Å². The van der Waals surface area contributed by atoms with Crippen molar-refractivity contribution >= 4 is 34.0 Å². The summed E-state index contributed by atoms with van der Waals surface area (Å²) in [5, 5.41) is 2.65. The van der Waals surface area contributed by atoms with Crippen LogP contribution >= 0.6 is 23.1 Å². The van der Waals surface area contributed by atoms with Gasteiger partial charge in [0.2, 0.25) is 0 Å². The molecule has 0 spiro atoms. The fraction of sp³-hybridized carbons (Fsp3) is 0.167. The van der Waals surface area contributed by atoms with Gasteiger partial charge < -0.3 is 0 Å². The molecule has 0 aliphatic carbocycles. The Morgan fingerprint density at radius 1 is 1.55 bits per heavy atom. The first kappa shape index (κ1) is 7.00. The molecule has 3 nitrogen and oxygen atoms in total. The highest BCUT2D eigenvalue weighted by atomic mass is 32.2. The van der Waals surface area contributed by atoms with Gasteiger partial charge in [0, 0.05) is 5.38 Å². The van der Waals surface area contributed by atoms with Crippen molar-refractivity contribution in [2.24, 2.45) is 4.99 Å². The quantitative estimate of drug-likeness (QED) is 0.657. The third-order valence-electron chi connectivity index (χ3n) is 1.21. The largest absolute Gasteiger partial charge is 0.272 e. The third kappa shape index (κ3) is 1.34. The standard InChI is InChI=1S/C6H4N2OS2/c9-5-2-11-6(8-5)4-1-10-3-7-4/h1,3H,2H2. The molecule has 2 heterocycles. The Balaban J connectivity index is 2.31. The normalized spacial score (nSPS) is 17.1. The van der Waals surface area contributed by atoms with Gasteiger partial charge >= 0.3 is 0 Å². The Kier molecular flexibility index (Phi) is 1.75. The molecule has 0 aromatic carbocycles. The minimum atomic E-state index is -0.0574. The van der Waals surface area contributed by atoms with Crippen molar-refractivity contribution in [3.05, 3.63) is 16.6 Å². The van der Waals surface area contributed by atoms with E-state index in [1.807, 2.05) is 5.38 Å². The summed E-state index contributed by atoms with van der Waals surface area (Å²) < 4.78 is 0. The molecule has 11 heavy (non-hydrogen) atoms. The van der Waals surface area contributed by atoms with Gasteiger partial charge in [-0.3, -0.25) is 4.79 Å². The van der Waals surface area contributed by atoms with E-state index < -0.39 is 0 Å². The summed E-state index contributed by atoms with van der Waals surface area (Å²) in [6.07, 6.45) is 0. The van der Waals surface area contributed by atoms with Gasteiger partial charge in [-0.05, 0) is 0 Å². The lowest BCUT2D eigenvalue weighted by Crippen LogP contribution is -1.90. The smallest absolute Gasteiger partial charge is 0.257 e. The average molecular weight is 184 g/mol. The number of amides is 1. The maximum atomic E-state index is 10.7. The molecule has 2 rings (SSSR count). The van der Waals surface area contributed by atoms with Gasteiger partial charge in [0.15, 0.2) is 0 Å². The lowest BCUT2D eigenvalue weighted by Gasteiger charge is -1.87. The zero-order valence-electron chi connectivity index (χ0n) is 5.48. The van der Waals surface area contributed by atoms with Crippen LogP contribution in [0.3, 0.4) is 0 Å². The molecular weight excluding hydrogens is 180 g/mol. The lowest BCUT2D eigenvalue weighted by molar-refractivity contribution is -0.115. The van der Waals surface area contributed by atoms with Crippen LogP contribution in [0.2, 0.25) is 0 Å². The van der Waals surface area contributed by atoms with Crippen molar-refractivity contribution < 1.29 is 4.79 Å². The number of hydrogen-bond acceptors (Lipinski definition) is 4. The van der Waals surface area contributed by atoms with E-state index in [0.29, 0.717) is 5.75 Å². The van der Waals surface area contributed by atoms with Crippen LogP contribution < -0.4 is 0 Å². The summed E-state index contributed by atoms with van der Waals surface area (Å²) in [6.45, 7) is 0. The predicted molar refractivity (Wildman–Crippen MR) is 46.1 cm³/mol. The maximum absolute atomic E-state index is 10.7. The summed E-state index contributed by atoms with van der Waals surface area (Å²) in [5.41, 5.74) is 2.56. The Morgan fingerprint density at radius 2 is 2.45 bits per heavy atom. The van der Waals surface area contributed by atoms with E-state index in [4.69, 9.17) is 0 Å². The third-order valence-corrected chi connectivity index (χ3v) is 2.76. The van der Waals surface area contributed by atoms with Crippen molar-refractivity contribution in [1.82, 2.24) is 4.98 Å². The first-order valence-corrected chi connectivity index (χ1v) is 4.92. The topological polar surface area (TPSA) is 42.3 Å². The number of carbonyl (C=O) groups excluding carboxylic acids is 1. The second-order valence-corrected chi connectivity index (χ2v) is 3.66. The van der Waals surface area contributed by atoms with Crippen molar-refractivity contribution in [3.8, 4) is 0 Å². The Bertz CT molecular complexity index is 304. The van der Waals surface area contributed by atoms with Crippen LogP contribution in [0.25, 0.3) is 0 Å². The first-order chi connectivity index (χ1) is 5.36. The van der Waals surface area contributed by atoms with E-state index in [0.717, 1.165) is 10.7 Å². The van der Waals surface area contributed by atoms with E-state index >= 15 is 0 Å². The molecule has 1 aromatic heterocycles. The molecule has 1 aromatic rings. The van der Waals surface area contributed by atoms with Crippen molar-refractivity contribution in [2.45, 2.75) is 0 Å². The molecule has 0 bridgehead atoms. The highest BCUT2D eigenvalue weighted by molar-refractivity contribution is 8.15. The van der Waals surface area contributed by atoms with Gasteiger partial charge in [-0.1, -0.05) is 11.8 Å². The molecule has 0 radical (unpaired) electrons. The Morgan fingerprint density at radius 3 is 3.00 bits per heavy atom. The van der Waals surface area contributed by atoms with Crippen LogP contribution in [0.4, 0.5) is 0 Å². The average Bonchev–Trinajstić information content (AvgIpc) is 2.55. The first-order valence-electron chi connectivity index (χ1n) is 2.99.